The van der Waals surface area contributed by atoms with E-state index in [1.54, 1.807) is 41.7 Å². The van der Waals surface area contributed by atoms with Gasteiger partial charge < -0.3 is 20.4 Å². The average Bonchev–Trinajstić information content (AvgIpc) is 3.32. The molecule has 138 valence electrons. The largest absolute Gasteiger partial charge is 0.458 e. The highest BCUT2D eigenvalue weighted by Crippen LogP contribution is 2.26. The summed E-state index contributed by atoms with van der Waals surface area (Å²) in [5, 5.41) is 9.58. The number of nitrogens with one attached hydrogen (secondary N) is 3. The summed E-state index contributed by atoms with van der Waals surface area (Å²) in [5.41, 5.74) is 1.05. The van der Waals surface area contributed by atoms with E-state index in [4.69, 9.17) is 4.42 Å². The number of rotatable bonds is 5. The maximum atomic E-state index is 12.0. The highest BCUT2D eigenvalue weighted by molar-refractivity contribution is 7.13. The van der Waals surface area contributed by atoms with Gasteiger partial charge in [0, 0.05) is 18.3 Å². The van der Waals surface area contributed by atoms with Gasteiger partial charge in [0.05, 0.1) is 11.4 Å². The topological polar surface area (TPSA) is 100 Å². The number of thiophene rings is 1. The summed E-state index contributed by atoms with van der Waals surface area (Å²) in [6.07, 6.45) is 0. The molecule has 0 aliphatic carbocycles. The maximum Gasteiger partial charge on any atom is 0.313 e. The summed E-state index contributed by atoms with van der Waals surface area (Å²) >= 11 is 1.56. The average molecular weight is 383 g/mol. The van der Waals surface area contributed by atoms with Crippen molar-refractivity contribution in [1.82, 2.24) is 5.32 Å². The van der Waals surface area contributed by atoms with Crippen molar-refractivity contribution in [2.75, 3.05) is 10.6 Å². The van der Waals surface area contributed by atoms with Crippen LogP contribution in [0, 0.1) is 0 Å². The van der Waals surface area contributed by atoms with Gasteiger partial charge in [-0.05, 0) is 47.8 Å². The number of anilines is 2. The minimum absolute atomic E-state index is 0.110. The molecule has 0 aliphatic heterocycles. The number of hydrogen-bond donors (Lipinski definition) is 3. The van der Waals surface area contributed by atoms with Crippen molar-refractivity contribution >= 4 is 40.4 Å². The molecule has 8 heteroatoms. The standard InChI is InChI=1S/C19H17N3O4S/c1-12(23)21-13-4-6-14(7-5-13)22-19(25)18(24)20-11-15-8-9-16(26-15)17-3-2-10-27-17/h2-10H,11H2,1H3,(H,20,24)(H,21,23)(H,22,25). The number of furan rings is 1. The van der Waals surface area contributed by atoms with E-state index >= 15 is 0 Å². The highest BCUT2D eigenvalue weighted by Gasteiger charge is 2.14. The minimum Gasteiger partial charge on any atom is -0.458 e. The lowest BCUT2D eigenvalue weighted by Crippen LogP contribution is -2.34. The van der Waals surface area contributed by atoms with E-state index in [-0.39, 0.29) is 12.5 Å². The molecule has 0 spiro atoms. The molecule has 2 aromatic heterocycles. The van der Waals surface area contributed by atoms with Crippen LogP contribution in [0.1, 0.15) is 12.7 Å². The Labute approximate surface area is 159 Å². The SMILES string of the molecule is CC(=O)Nc1ccc(NC(=O)C(=O)NCc2ccc(-c3cccs3)o2)cc1. The van der Waals surface area contributed by atoms with Crippen LogP contribution in [0.3, 0.4) is 0 Å². The molecule has 0 radical (unpaired) electrons. The zero-order chi connectivity index (χ0) is 19.2. The molecule has 0 aliphatic rings. The van der Waals surface area contributed by atoms with Gasteiger partial charge in [0.15, 0.2) is 0 Å². The van der Waals surface area contributed by atoms with Crippen LogP contribution in [0.2, 0.25) is 0 Å². The van der Waals surface area contributed by atoms with Crippen LogP contribution >= 0.6 is 11.3 Å². The fourth-order valence-electron chi connectivity index (χ4n) is 2.30. The Morgan fingerprint density at radius 2 is 1.63 bits per heavy atom. The van der Waals surface area contributed by atoms with Crippen molar-refractivity contribution in [2.45, 2.75) is 13.5 Å². The van der Waals surface area contributed by atoms with Crippen LogP contribution in [0.25, 0.3) is 10.6 Å². The molecule has 0 saturated heterocycles. The Kier molecular flexibility index (Phi) is 5.68. The van der Waals surface area contributed by atoms with Crippen LogP contribution in [-0.2, 0) is 20.9 Å². The predicted octanol–water partition coefficient (Wildman–Crippen LogP) is 3.22. The highest BCUT2D eigenvalue weighted by atomic mass is 32.1. The fourth-order valence-corrected chi connectivity index (χ4v) is 2.99. The molecule has 0 bridgehead atoms. The van der Waals surface area contributed by atoms with Crippen molar-refractivity contribution in [1.29, 1.82) is 0 Å². The molecule has 2 heterocycles. The Morgan fingerprint density at radius 3 is 2.26 bits per heavy atom. The lowest BCUT2D eigenvalue weighted by Gasteiger charge is -2.07. The minimum atomic E-state index is -0.785. The summed E-state index contributed by atoms with van der Waals surface area (Å²) < 4.78 is 5.65. The second kappa shape index (κ2) is 8.33. The summed E-state index contributed by atoms with van der Waals surface area (Å²) in [7, 11) is 0. The first-order chi connectivity index (χ1) is 13.0. The first kappa shape index (κ1) is 18.4. The molecule has 3 aromatic rings. The van der Waals surface area contributed by atoms with Crippen molar-refractivity contribution in [2.24, 2.45) is 0 Å². The van der Waals surface area contributed by atoms with Gasteiger partial charge in [0.25, 0.3) is 0 Å². The quantitative estimate of drug-likeness (QED) is 0.589. The van der Waals surface area contributed by atoms with E-state index in [1.165, 1.54) is 6.92 Å². The number of benzene rings is 1. The van der Waals surface area contributed by atoms with E-state index in [1.807, 2.05) is 23.6 Å². The van der Waals surface area contributed by atoms with Crippen LogP contribution in [0.15, 0.2) is 58.3 Å². The molecule has 1 aromatic carbocycles. The number of carbonyl (C=O) groups is 3. The van der Waals surface area contributed by atoms with Crippen molar-refractivity contribution < 1.29 is 18.8 Å². The molecule has 0 unspecified atom stereocenters. The number of hydrogen-bond acceptors (Lipinski definition) is 5. The first-order valence-corrected chi connectivity index (χ1v) is 8.98. The van der Waals surface area contributed by atoms with E-state index in [9.17, 15) is 14.4 Å². The second-order valence-electron chi connectivity index (χ2n) is 5.64. The molecule has 0 atom stereocenters. The van der Waals surface area contributed by atoms with Crippen molar-refractivity contribution in [3.63, 3.8) is 0 Å². The second-order valence-corrected chi connectivity index (χ2v) is 6.59. The van der Waals surface area contributed by atoms with Crippen LogP contribution < -0.4 is 16.0 Å². The van der Waals surface area contributed by atoms with Gasteiger partial charge in [0.2, 0.25) is 5.91 Å². The summed E-state index contributed by atoms with van der Waals surface area (Å²) in [6, 6.07) is 13.9. The molecule has 0 saturated carbocycles. The summed E-state index contributed by atoms with van der Waals surface area (Å²) in [4.78, 5) is 35.9. The molecular formula is C19H17N3O4S. The van der Waals surface area contributed by atoms with Crippen LogP contribution in [0.4, 0.5) is 11.4 Å². The third-order valence-electron chi connectivity index (χ3n) is 3.52. The lowest BCUT2D eigenvalue weighted by molar-refractivity contribution is -0.136. The zero-order valence-corrected chi connectivity index (χ0v) is 15.3. The fraction of sp³-hybridized carbons (Fsp3) is 0.105. The van der Waals surface area contributed by atoms with Gasteiger partial charge in [0.1, 0.15) is 11.5 Å². The van der Waals surface area contributed by atoms with Gasteiger partial charge in [-0.1, -0.05) is 6.07 Å². The Balaban J connectivity index is 1.50. The van der Waals surface area contributed by atoms with Gasteiger partial charge in [-0.25, -0.2) is 0 Å². The predicted molar refractivity (Wildman–Crippen MR) is 103 cm³/mol. The van der Waals surface area contributed by atoms with E-state index in [2.05, 4.69) is 16.0 Å². The molecular weight excluding hydrogens is 366 g/mol. The van der Waals surface area contributed by atoms with Crippen molar-refractivity contribution in [3.8, 4) is 10.6 Å². The Morgan fingerprint density at radius 1 is 0.926 bits per heavy atom. The molecule has 3 rings (SSSR count). The Bertz CT molecular complexity index is 946. The number of carbonyl (C=O) groups excluding carboxylic acids is 3. The van der Waals surface area contributed by atoms with E-state index in [0.29, 0.717) is 17.1 Å². The van der Waals surface area contributed by atoms with Crippen molar-refractivity contribution in [3.05, 3.63) is 59.7 Å². The van der Waals surface area contributed by atoms with Gasteiger partial charge >= 0.3 is 11.8 Å². The van der Waals surface area contributed by atoms with Gasteiger partial charge in [-0.3, -0.25) is 14.4 Å². The first-order valence-electron chi connectivity index (χ1n) is 8.10. The Hall–Kier alpha value is -3.39. The smallest absolute Gasteiger partial charge is 0.313 e. The molecule has 0 fully saturated rings. The third kappa shape index (κ3) is 5.05. The van der Waals surface area contributed by atoms with E-state index in [0.717, 1.165) is 10.6 Å². The summed E-state index contributed by atoms with van der Waals surface area (Å²) in [6.45, 7) is 1.52. The molecule has 3 N–H and O–H groups in total. The zero-order valence-electron chi connectivity index (χ0n) is 14.4. The van der Waals surface area contributed by atoms with E-state index < -0.39 is 11.8 Å². The van der Waals surface area contributed by atoms with Gasteiger partial charge in [-0.15, -0.1) is 11.3 Å². The maximum absolute atomic E-state index is 12.0. The third-order valence-corrected chi connectivity index (χ3v) is 4.40. The van der Waals surface area contributed by atoms with Crippen LogP contribution in [0.5, 0.6) is 0 Å². The normalized spacial score (nSPS) is 10.3. The molecule has 7 nitrogen and oxygen atoms in total. The molecule has 27 heavy (non-hydrogen) atoms. The molecule has 3 amide bonds. The van der Waals surface area contributed by atoms with Crippen LogP contribution in [-0.4, -0.2) is 17.7 Å². The van der Waals surface area contributed by atoms with Gasteiger partial charge in [-0.2, -0.15) is 0 Å². The number of amides is 3. The lowest BCUT2D eigenvalue weighted by atomic mass is 10.2. The summed E-state index contributed by atoms with van der Waals surface area (Å²) in [5.74, 6) is -0.467. The monoisotopic (exact) mass is 383 g/mol.